The number of halogens is 3. The highest BCUT2D eigenvalue weighted by molar-refractivity contribution is 9.10. The van der Waals surface area contributed by atoms with Gasteiger partial charge in [0.1, 0.15) is 0 Å². The summed E-state index contributed by atoms with van der Waals surface area (Å²) in [5.74, 6) is -0.596. The van der Waals surface area contributed by atoms with Gasteiger partial charge in [0.05, 0.1) is 17.1 Å². The van der Waals surface area contributed by atoms with Crippen LogP contribution in [0.2, 0.25) is 10.0 Å². The van der Waals surface area contributed by atoms with Crippen molar-refractivity contribution in [2.75, 3.05) is 0 Å². The summed E-state index contributed by atoms with van der Waals surface area (Å²) < 4.78 is 0.938. The fourth-order valence-electron chi connectivity index (χ4n) is 4.02. The van der Waals surface area contributed by atoms with E-state index in [2.05, 4.69) is 15.9 Å². The first-order chi connectivity index (χ1) is 14.9. The monoisotopic (exact) mass is 515 g/mol. The van der Waals surface area contributed by atoms with Crippen LogP contribution in [0.3, 0.4) is 0 Å². The molecule has 1 aliphatic rings. The van der Waals surface area contributed by atoms with Crippen molar-refractivity contribution in [1.29, 1.82) is 0 Å². The lowest BCUT2D eigenvalue weighted by atomic mass is 9.83. The Labute approximate surface area is 200 Å². The van der Waals surface area contributed by atoms with Crippen LogP contribution in [-0.4, -0.2) is 16.7 Å². The van der Waals surface area contributed by atoms with Crippen molar-refractivity contribution < 1.29 is 9.59 Å². The van der Waals surface area contributed by atoms with E-state index in [0.717, 1.165) is 21.2 Å². The molecule has 0 radical (unpaired) electrons. The molecule has 0 saturated carbocycles. The van der Waals surface area contributed by atoms with Gasteiger partial charge in [-0.1, -0.05) is 81.6 Å². The van der Waals surface area contributed by atoms with E-state index in [1.165, 1.54) is 4.90 Å². The minimum atomic E-state index is -0.373. The number of amides is 2. The van der Waals surface area contributed by atoms with Gasteiger partial charge in [-0.05, 0) is 59.7 Å². The van der Waals surface area contributed by atoms with Crippen molar-refractivity contribution in [2.45, 2.75) is 31.7 Å². The van der Waals surface area contributed by atoms with E-state index in [4.69, 9.17) is 23.2 Å². The topological polar surface area (TPSA) is 37.4 Å². The predicted molar refractivity (Wildman–Crippen MR) is 128 cm³/mol. The fraction of sp³-hybridized carbons (Fsp3) is 0.200. The van der Waals surface area contributed by atoms with Crippen molar-refractivity contribution >= 4 is 50.9 Å². The summed E-state index contributed by atoms with van der Waals surface area (Å²) >= 11 is 16.3. The third kappa shape index (κ3) is 5.03. The number of nitrogens with zero attached hydrogens (tertiary/aromatic N) is 1. The molecule has 3 aromatic rings. The highest BCUT2D eigenvalue weighted by Crippen LogP contribution is 2.37. The van der Waals surface area contributed by atoms with Crippen molar-refractivity contribution in [2.24, 2.45) is 0 Å². The number of benzene rings is 3. The molecule has 0 aliphatic carbocycles. The third-order valence-electron chi connectivity index (χ3n) is 5.57. The van der Waals surface area contributed by atoms with E-state index in [1.807, 2.05) is 60.7 Å². The summed E-state index contributed by atoms with van der Waals surface area (Å²) in [5.41, 5.74) is 3.19. The molecule has 6 heteroatoms. The quantitative estimate of drug-likeness (QED) is 0.348. The average Bonchev–Trinajstić information content (AvgIpc) is 2.75. The molecule has 158 valence electrons. The molecule has 1 aliphatic heterocycles. The number of hydrogen-bond acceptors (Lipinski definition) is 2. The van der Waals surface area contributed by atoms with Crippen LogP contribution >= 0.6 is 39.1 Å². The number of carbonyl (C=O) groups is 2. The number of fused-ring (bicyclic) bond motifs is 1. The van der Waals surface area contributed by atoms with Crippen molar-refractivity contribution in [3.05, 3.63) is 104 Å². The zero-order valence-electron chi connectivity index (χ0n) is 16.7. The second-order valence-electron chi connectivity index (χ2n) is 7.69. The molecule has 0 saturated heterocycles. The first kappa shape index (κ1) is 22.1. The summed E-state index contributed by atoms with van der Waals surface area (Å²) in [6, 6.07) is 21.0. The Balaban J connectivity index is 1.74. The van der Waals surface area contributed by atoms with Gasteiger partial charge in [-0.15, -0.1) is 0 Å². The minimum Gasteiger partial charge on any atom is -0.274 e. The zero-order chi connectivity index (χ0) is 22.0. The van der Waals surface area contributed by atoms with E-state index < -0.39 is 0 Å². The maximum atomic E-state index is 13.6. The second kappa shape index (κ2) is 9.56. The standard InChI is InChI=1S/C25H20BrCl2NO2/c26-19-9-6-17(7-10-19)15-29-23(30)11-8-18(12-16-4-2-1-3-5-16)21-13-20(27)14-22(28)24(21)25(29)31/h1-7,9-10,13-14,18H,8,11-12,15H2. The normalized spacial score (nSPS) is 16.6. The van der Waals surface area contributed by atoms with Gasteiger partial charge in [-0.2, -0.15) is 0 Å². The minimum absolute atomic E-state index is 0.0312. The lowest BCUT2D eigenvalue weighted by Crippen LogP contribution is -2.39. The third-order valence-corrected chi connectivity index (χ3v) is 6.62. The predicted octanol–water partition coefficient (Wildman–Crippen LogP) is 7.05. The van der Waals surface area contributed by atoms with E-state index in [-0.39, 0.29) is 35.7 Å². The number of carbonyl (C=O) groups excluding carboxylic acids is 2. The van der Waals surface area contributed by atoms with Gasteiger partial charge in [-0.3, -0.25) is 14.5 Å². The van der Waals surface area contributed by atoms with Gasteiger partial charge >= 0.3 is 0 Å². The maximum Gasteiger partial charge on any atom is 0.262 e. The molecule has 3 nitrogen and oxygen atoms in total. The Morgan fingerprint density at radius 2 is 1.65 bits per heavy atom. The van der Waals surface area contributed by atoms with Gasteiger partial charge in [0.2, 0.25) is 5.91 Å². The first-order valence-corrected chi connectivity index (χ1v) is 11.6. The Hall–Kier alpha value is -2.14. The van der Waals surface area contributed by atoms with Crippen LogP contribution in [-0.2, 0) is 17.8 Å². The van der Waals surface area contributed by atoms with Crippen LogP contribution in [0.5, 0.6) is 0 Å². The maximum absolute atomic E-state index is 13.6. The molecule has 0 spiro atoms. The molecule has 2 amide bonds. The van der Waals surface area contributed by atoms with Crippen LogP contribution in [0, 0.1) is 0 Å². The molecule has 1 heterocycles. The molecule has 0 bridgehead atoms. The van der Waals surface area contributed by atoms with Gasteiger partial charge in [0, 0.05) is 15.9 Å². The van der Waals surface area contributed by atoms with Crippen LogP contribution in [0.15, 0.2) is 71.2 Å². The molecule has 4 rings (SSSR count). The molecular weight excluding hydrogens is 497 g/mol. The van der Waals surface area contributed by atoms with Crippen molar-refractivity contribution in [3.63, 3.8) is 0 Å². The van der Waals surface area contributed by atoms with Gasteiger partial charge in [0.25, 0.3) is 5.91 Å². The van der Waals surface area contributed by atoms with Crippen LogP contribution < -0.4 is 0 Å². The van der Waals surface area contributed by atoms with Crippen LogP contribution in [0.1, 0.15) is 45.8 Å². The van der Waals surface area contributed by atoms with Gasteiger partial charge in [-0.25, -0.2) is 0 Å². The summed E-state index contributed by atoms with van der Waals surface area (Å²) in [6.45, 7) is 0.201. The zero-order valence-corrected chi connectivity index (χ0v) is 19.8. The molecule has 1 atom stereocenters. The summed E-state index contributed by atoms with van der Waals surface area (Å²) in [6.07, 6.45) is 1.60. The summed E-state index contributed by atoms with van der Waals surface area (Å²) in [7, 11) is 0. The molecule has 0 N–H and O–H groups in total. The lowest BCUT2D eigenvalue weighted by Gasteiger charge is -2.29. The van der Waals surface area contributed by atoms with E-state index in [9.17, 15) is 9.59 Å². The largest absolute Gasteiger partial charge is 0.274 e. The molecule has 1 unspecified atom stereocenters. The molecule has 31 heavy (non-hydrogen) atoms. The Kier molecular flexibility index (Phi) is 6.80. The van der Waals surface area contributed by atoms with Crippen molar-refractivity contribution in [3.8, 4) is 0 Å². The smallest absolute Gasteiger partial charge is 0.262 e. The number of imide groups is 1. The Morgan fingerprint density at radius 1 is 0.935 bits per heavy atom. The SMILES string of the molecule is O=C1CCC(Cc2ccccc2)c2cc(Cl)cc(Cl)c2C(=O)N1Cc1ccc(Br)cc1. The van der Waals surface area contributed by atoms with Gasteiger partial charge in [0.15, 0.2) is 0 Å². The Bertz CT molecular complexity index is 1120. The molecular formula is C25H20BrCl2NO2. The van der Waals surface area contributed by atoms with E-state index in [0.29, 0.717) is 23.4 Å². The lowest BCUT2D eigenvalue weighted by molar-refractivity contribution is -0.129. The number of hydrogen-bond donors (Lipinski definition) is 0. The molecule has 0 fully saturated rings. The molecule has 3 aromatic carbocycles. The Morgan fingerprint density at radius 3 is 2.35 bits per heavy atom. The molecule has 0 aromatic heterocycles. The first-order valence-electron chi connectivity index (χ1n) is 10.0. The fourth-order valence-corrected chi connectivity index (χ4v) is 4.87. The second-order valence-corrected chi connectivity index (χ2v) is 9.45. The average molecular weight is 517 g/mol. The number of rotatable bonds is 4. The highest BCUT2D eigenvalue weighted by Gasteiger charge is 2.33. The summed E-state index contributed by atoms with van der Waals surface area (Å²) in [4.78, 5) is 27.9. The summed E-state index contributed by atoms with van der Waals surface area (Å²) in [5, 5.41) is 0.766. The van der Waals surface area contributed by atoms with Gasteiger partial charge < -0.3 is 0 Å². The van der Waals surface area contributed by atoms with Crippen molar-refractivity contribution in [1.82, 2.24) is 4.90 Å². The van der Waals surface area contributed by atoms with E-state index in [1.54, 1.807) is 6.07 Å². The van der Waals surface area contributed by atoms with Crippen LogP contribution in [0.25, 0.3) is 0 Å². The highest BCUT2D eigenvalue weighted by atomic mass is 79.9. The van der Waals surface area contributed by atoms with Crippen LogP contribution in [0.4, 0.5) is 0 Å². The van der Waals surface area contributed by atoms with E-state index >= 15 is 0 Å².